The van der Waals surface area contributed by atoms with E-state index in [0.29, 0.717) is 0 Å². The normalized spacial score (nSPS) is 13.8. The highest BCUT2D eigenvalue weighted by Crippen LogP contribution is 2.20. The van der Waals surface area contributed by atoms with Gasteiger partial charge < -0.3 is 0 Å². The summed E-state index contributed by atoms with van der Waals surface area (Å²) in [5.41, 5.74) is 5.47. The van der Waals surface area contributed by atoms with Gasteiger partial charge in [0, 0.05) is 23.3 Å². The first-order valence-electron chi connectivity index (χ1n) is 6.26. The molecule has 0 spiro atoms. The molecule has 0 aromatic carbocycles. The van der Waals surface area contributed by atoms with Crippen LogP contribution in [-0.2, 0) is 13.1 Å². The summed E-state index contributed by atoms with van der Waals surface area (Å²) >= 11 is 0. The number of aryl methyl sites for hydroxylation is 4. The van der Waals surface area contributed by atoms with Crippen LogP contribution >= 0.6 is 0 Å². The quantitative estimate of drug-likeness (QED) is 0.607. The molecule has 3 rings (SSSR count). The van der Waals surface area contributed by atoms with Crippen molar-refractivity contribution >= 4 is 0 Å². The van der Waals surface area contributed by atoms with E-state index in [1.165, 1.54) is 28.9 Å². The number of rotatable bonds is 0. The molecule has 3 heterocycles. The van der Waals surface area contributed by atoms with Gasteiger partial charge in [0.1, 0.15) is 0 Å². The van der Waals surface area contributed by atoms with E-state index in [1.807, 2.05) is 0 Å². The fourth-order valence-corrected chi connectivity index (χ4v) is 2.77. The molecule has 86 valence electrons. The summed E-state index contributed by atoms with van der Waals surface area (Å²) < 4.78 is 4.78. The summed E-state index contributed by atoms with van der Waals surface area (Å²) in [4.78, 5) is 0. The Kier molecular flexibility index (Phi) is 2.43. The number of hydrogen-bond acceptors (Lipinski definition) is 0. The predicted molar refractivity (Wildman–Crippen MR) is 66.4 cm³/mol. The van der Waals surface area contributed by atoms with Crippen molar-refractivity contribution in [3.8, 4) is 11.4 Å². The first kappa shape index (κ1) is 10.5. The van der Waals surface area contributed by atoms with E-state index in [1.54, 1.807) is 0 Å². The molecule has 0 atom stereocenters. The van der Waals surface area contributed by atoms with Crippen LogP contribution in [-0.4, -0.2) is 0 Å². The van der Waals surface area contributed by atoms with E-state index in [2.05, 4.69) is 59.6 Å². The van der Waals surface area contributed by atoms with Gasteiger partial charge in [0.05, 0.1) is 6.42 Å². The highest BCUT2D eigenvalue weighted by molar-refractivity contribution is 5.55. The molecule has 0 saturated carbocycles. The third kappa shape index (κ3) is 1.64. The van der Waals surface area contributed by atoms with Crippen molar-refractivity contribution in [3.05, 3.63) is 47.8 Å². The summed E-state index contributed by atoms with van der Waals surface area (Å²) in [6, 6.07) is 8.70. The Morgan fingerprint density at radius 2 is 1.29 bits per heavy atom. The molecule has 0 saturated heterocycles. The Hall–Kier alpha value is -1.70. The number of aromatic nitrogens is 2. The monoisotopic (exact) mass is 226 g/mol. The lowest BCUT2D eigenvalue weighted by Gasteiger charge is -2.04. The molecule has 0 fully saturated rings. The first-order valence-corrected chi connectivity index (χ1v) is 6.26. The zero-order valence-electron chi connectivity index (χ0n) is 10.5. The lowest BCUT2D eigenvalue weighted by Crippen LogP contribution is -2.38. The fraction of sp³-hybridized carbons (Fsp3) is 0.333. The smallest absolute Gasteiger partial charge is 0.193 e. The second-order valence-corrected chi connectivity index (χ2v) is 4.82. The standard InChI is InChI=1S/C15H18N2/c1-12-6-3-8-16-10-5-11-17-9-4-7-13(2)15(17)14(12)16/h3-4,6-9H,5,10-11H2,1-2H3/q+2. The third-order valence-electron chi connectivity index (χ3n) is 3.57. The minimum absolute atomic E-state index is 1.11. The van der Waals surface area contributed by atoms with Gasteiger partial charge in [-0.3, -0.25) is 0 Å². The van der Waals surface area contributed by atoms with Gasteiger partial charge in [-0.2, -0.15) is 9.13 Å². The van der Waals surface area contributed by atoms with Crippen LogP contribution in [0.2, 0.25) is 0 Å². The molecular formula is C15H18N2+2. The summed E-state index contributed by atoms with van der Waals surface area (Å²) in [5.74, 6) is 0. The lowest BCUT2D eigenvalue weighted by atomic mass is 10.1. The van der Waals surface area contributed by atoms with Crippen molar-refractivity contribution in [2.45, 2.75) is 33.4 Å². The van der Waals surface area contributed by atoms with Crippen LogP contribution in [0.5, 0.6) is 0 Å². The fourth-order valence-electron chi connectivity index (χ4n) is 2.77. The number of hydrogen-bond donors (Lipinski definition) is 0. The maximum Gasteiger partial charge on any atom is 0.280 e. The molecule has 2 aromatic rings. The average molecular weight is 226 g/mol. The molecule has 0 amide bonds. The molecule has 2 aromatic heterocycles. The maximum atomic E-state index is 2.39. The molecule has 0 unspecified atom stereocenters. The van der Waals surface area contributed by atoms with Gasteiger partial charge in [-0.25, -0.2) is 0 Å². The van der Waals surface area contributed by atoms with E-state index < -0.39 is 0 Å². The van der Waals surface area contributed by atoms with Gasteiger partial charge in [0.2, 0.25) is 0 Å². The number of nitrogens with zero attached hydrogens (tertiary/aromatic N) is 2. The van der Waals surface area contributed by atoms with Gasteiger partial charge in [0.15, 0.2) is 25.5 Å². The minimum Gasteiger partial charge on any atom is -0.193 e. The molecule has 0 aliphatic carbocycles. The summed E-state index contributed by atoms with van der Waals surface area (Å²) in [5, 5.41) is 0. The van der Waals surface area contributed by atoms with Crippen LogP contribution in [0.3, 0.4) is 0 Å². The number of pyridine rings is 2. The zero-order chi connectivity index (χ0) is 11.8. The van der Waals surface area contributed by atoms with Crippen LogP contribution in [0, 0.1) is 13.8 Å². The Morgan fingerprint density at radius 3 is 1.76 bits per heavy atom. The highest BCUT2D eigenvalue weighted by atomic mass is 15.1. The zero-order valence-corrected chi connectivity index (χ0v) is 10.5. The van der Waals surface area contributed by atoms with Crippen LogP contribution in [0.4, 0.5) is 0 Å². The molecule has 0 bridgehead atoms. The van der Waals surface area contributed by atoms with Gasteiger partial charge in [-0.15, -0.1) is 0 Å². The predicted octanol–water partition coefficient (Wildman–Crippen LogP) is 1.95. The largest absolute Gasteiger partial charge is 0.280 e. The molecular weight excluding hydrogens is 208 g/mol. The van der Waals surface area contributed by atoms with E-state index in [0.717, 1.165) is 13.1 Å². The SMILES string of the molecule is Cc1ccc[n+]2c1-c1c(C)ccc[n+]1CCC2. The van der Waals surface area contributed by atoms with Crippen molar-refractivity contribution < 1.29 is 9.13 Å². The van der Waals surface area contributed by atoms with Crippen LogP contribution in [0.25, 0.3) is 11.4 Å². The topological polar surface area (TPSA) is 7.76 Å². The number of fused-ring (bicyclic) bond motifs is 3. The lowest BCUT2D eigenvalue weighted by molar-refractivity contribution is -0.688. The molecule has 2 nitrogen and oxygen atoms in total. The van der Waals surface area contributed by atoms with Gasteiger partial charge in [-0.1, -0.05) is 0 Å². The second-order valence-electron chi connectivity index (χ2n) is 4.82. The Bertz CT molecular complexity index is 522. The molecule has 1 aliphatic rings. The van der Waals surface area contributed by atoms with Gasteiger partial charge in [-0.05, 0) is 26.0 Å². The van der Waals surface area contributed by atoms with Crippen molar-refractivity contribution in [3.63, 3.8) is 0 Å². The van der Waals surface area contributed by atoms with E-state index in [-0.39, 0.29) is 0 Å². The molecule has 2 heteroatoms. The maximum absolute atomic E-state index is 2.39. The summed E-state index contributed by atoms with van der Waals surface area (Å²) in [6.45, 7) is 6.62. The average Bonchev–Trinajstić information content (AvgIpc) is 2.50. The molecule has 0 N–H and O–H groups in total. The van der Waals surface area contributed by atoms with E-state index in [4.69, 9.17) is 0 Å². The van der Waals surface area contributed by atoms with Crippen LogP contribution in [0.1, 0.15) is 17.5 Å². The molecule has 17 heavy (non-hydrogen) atoms. The summed E-state index contributed by atoms with van der Waals surface area (Å²) in [6.07, 6.45) is 5.59. The Morgan fingerprint density at radius 1 is 0.824 bits per heavy atom. The van der Waals surface area contributed by atoms with Crippen molar-refractivity contribution in [2.75, 3.05) is 0 Å². The van der Waals surface area contributed by atoms with Crippen molar-refractivity contribution in [1.29, 1.82) is 0 Å². The van der Waals surface area contributed by atoms with Crippen molar-refractivity contribution in [1.82, 2.24) is 0 Å². The third-order valence-corrected chi connectivity index (χ3v) is 3.57. The second kappa shape index (κ2) is 3.95. The molecule has 0 radical (unpaired) electrons. The van der Waals surface area contributed by atoms with E-state index >= 15 is 0 Å². The van der Waals surface area contributed by atoms with Crippen LogP contribution < -0.4 is 9.13 Å². The highest BCUT2D eigenvalue weighted by Gasteiger charge is 2.29. The Labute approximate surface area is 102 Å². The van der Waals surface area contributed by atoms with Crippen molar-refractivity contribution in [2.24, 2.45) is 0 Å². The van der Waals surface area contributed by atoms with Gasteiger partial charge in [0.25, 0.3) is 11.4 Å². The van der Waals surface area contributed by atoms with Crippen LogP contribution in [0.15, 0.2) is 36.7 Å². The molecule has 1 aliphatic heterocycles. The van der Waals surface area contributed by atoms with E-state index in [9.17, 15) is 0 Å². The Balaban J connectivity index is 2.37. The summed E-state index contributed by atoms with van der Waals surface area (Å²) in [7, 11) is 0. The van der Waals surface area contributed by atoms with Gasteiger partial charge >= 0.3 is 0 Å². The minimum atomic E-state index is 1.11. The first-order chi connectivity index (χ1) is 8.27.